The third-order valence-electron chi connectivity index (χ3n) is 7.59. The molecule has 0 aromatic heterocycles. The van der Waals surface area contributed by atoms with Crippen LogP contribution < -0.4 is 5.30 Å². The maximum Gasteiger partial charge on any atom is -0.00986 e. The molecule has 0 bridgehead atoms. The van der Waals surface area contributed by atoms with E-state index >= 15 is 0 Å². The van der Waals surface area contributed by atoms with E-state index < -0.39 is 0 Å². The van der Waals surface area contributed by atoms with E-state index in [4.69, 9.17) is 0 Å². The largest absolute Gasteiger partial charge is 0.0984 e. The zero-order valence-corrected chi connectivity index (χ0v) is 19.6. The fourth-order valence-electron chi connectivity index (χ4n) is 6.07. The number of rotatable bonds is 5. The first-order valence-corrected chi connectivity index (χ1v) is 13.9. The van der Waals surface area contributed by atoms with Crippen LogP contribution in [0.5, 0.6) is 0 Å². The minimum atomic E-state index is -0.123. The SMILES string of the molecule is C=Cc1ccc(-c2ccccc2P(C2CCCCC2)C2CCCCC2)c2ccccc12. The van der Waals surface area contributed by atoms with Crippen molar-refractivity contribution in [1.29, 1.82) is 0 Å². The summed E-state index contributed by atoms with van der Waals surface area (Å²) in [4.78, 5) is 0. The van der Waals surface area contributed by atoms with Gasteiger partial charge in [0.15, 0.2) is 0 Å². The van der Waals surface area contributed by atoms with Gasteiger partial charge in [-0.1, -0.05) is 120 Å². The molecule has 0 heterocycles. The summed E-state index contributed by atoms with van der Waals surface area (Å²) < 4.78 is 0. The van der Waals surface area contributed by atoms with Gasteiger partial charge in [-0.05, 0) is 69.8 Å². The summed E-state index contributed by atoms with van der Waals surface area (Å²) in [5.74, 6) is 0. The van der Waals surface area contributed by atoms with Gasteiger partial charge in [-0.15, -0.1) is 0 Å². The van der Waals surface area contributed by atoms with Crippen LogP contribution in [0, 0.1) is 0 Å². The van der Waals surface area contributed by atoms with Crippen LogP contribution in [0.2, 0.25) is 0 Å². The molecule has 31 heavy (non-hydrogen) atoms. The van der Waals surface area contributed by atoms with E-state index in [0.29, 0.717) is 0 Å². The summed E-state index contributed by atoms with van der Waals surface area (Å²) in [7, 11) is -0.123. The van der Waals surface area contributed by atoms with Crippen molar-refractivity contribution in [2.24, 2.45) is 0 Å². The molecule has 3 aromatic rings. The van der Waals surface area contributed by atoms with Gasteiger partial charge in [0.25, 0.3) is 0 Å². The number of hydrogen-bond donors (Lipinski definition) is 0. The van der Waals surface area contributed by atoms with Crippen molar-refractivity contribution in [2.75, 3.05) is 0 Å². The zero-order valence-electron chi connectivity index (χ0n) is 18.7. The third kappa shape index (κ3) is 4.25. The van der Waals surface area contributed by atoms with E-state index in [-0.39, 0.29) is 7.92 Å². The summed E-state index contributed by atoms with van der Waals surface area (Å²) in [6.07, 6.45) is 16.4. The number of fused-ring (bicyclic) bond motifs is 1. The summed E-state index contributed by atoms with van der Waals surface area (Å²) in [6.45, 7) is 4.05. The number of hydrogen-bond acceptors (Lipinski definition) is 0. The monoisotopic (exact) mass is 426 g/mol. The van der Waals surface area contributed by atoms with Crippen LogP contribution in [0.15, 0.2) is 67.2 Å². The van der Waals surface area contributed by atoms with Crippen LogP contribution >= 0.6 is 7.92 Å². The lowest BCUT2D eigenvalue weighted by Gasteiger charge is -2.39. The van der Waals surface area contributed by atoms with Crippen molar-refractivity contribution in [3.05, 3.63) is 72.8 Å². The topological polar surface area (TPSA) is 0 Å². The molecule has 0 atom stereocenters. The molecule has 160 valence electrons. The normalized spacial score (nSPS) is 18.5. The smallest absolute Gasteiger partial charge is 0.00986 e. The van der Waals surface area contributed by atoms with Crippen molar-refractivity contribution in [2.45, 2.75) is 75.5 Å². The Balaban J connectivity index is 1.65. The Morgan fingerprint density at radius 1 is 0.613 bits per heavy atom. The second-order valence-corrected chi connectivity index (χ2v) is 12.2. The molecule has 0 amide bonds. The molecule has 0 nitrogen and oxygen atoms in total. The van der Waals surface area contributed by atoms with Gasteiger partial charge in [-0.2, -0.15) is 0 Å². The van der Waals surface area contributed by atoms with Crippen LogP contribution in [0.3, 0.4) is 0 Å². The minimum absolute atomic E-state index is 0.123. The Bertz CT molecular complexity index is 1020. The summed E-state index contributed by atoms with van der Waals surface area (Å²) in [6, 6.07) is 23.0. The Labute approximate surface area is 189 Å². The van der Waals surface area contributed by atoms with Crippen LogP contribution in [0.1, 0.15) is 69.8 Å². The highest BCUT2D eigenvalue weighted by Crippen LogP contribution is 2.56. The first-order valence-electron chi connectivity index (χ1n) is 12.4. The second kappa shape index (κ2) is 9.70. The average molecular weight is 427 g/mol. The molecule has 1 heteroatoms. The molecule has 2 fully saturated rings. The lowest BCUT2D eigenvalue weighted by molar-refractivity contribution is 0.487. The van der Waals surface area contributed by atoms with Crippen molar-refractivity contribution < 1.29 is 0 Å². The van der Waals surface area contributed by atoms with E-state index in [1.54, 1.807) is 5.30 Å². The molecule has 0 aliphatic heterocycles. The minimum Gasteiger partial charge on any atom is -0.0984 e. The van der Waals surface area contributed by atoms with E-state index in [1.165, 1.54) is 91.7 Å². The third-order valence-corrected chi connectivity index (χ3v) is 11.1. The van der Waals surface area contributed by atoms with Crippen LogP contribution in [0.25, 0.3) is 28.0 Å². The van der Waals surface area contributed by atoms with Crippen molar-refractivity contribution in [3.8, 4) is 11.1 Å². The summed E-state index contributed by atoms with van der Waals surface area (Å²) in [5, 5.41) is 4.38. The zero-order chi connectivity index (χ0) is 21.0. The molecule has 3 aromatic carbocycles. The van der Waals surface area contributed by atoms with E-state index in [1.807, 2.05) is 6.08 Å². The maximum atomic E-state index is 4.05. The quantitative estimate of drug-likeness (QED) is 0.357. The molecule has 0 spiro atoms. The van der Waals surface area contributed by atoms with Crippen LogP contribution in [-0.2, 0) is 0 Å². The molecule has 5 rings (SSSR count). The van der Waals surface area contributed by atoms with Crippen molar-refractivity contribution in [1.82, 2.24) is 0 Å². The molecule has 0 N–H and O–H groups in total. The summed E-state index contributed by atoms with van der Waals surface area (Å²) in [5.41, 5.74) is 5.99. The van der Waals surface area contributed by atoms with Gasteiger partial charge in [0.2, 0.25) is 0 Å². The van der Waals surface area contributed by atoms with Gasteiger partial charge >= 0.3 is 0 Å². The standard InChI is InChI=1S/C30H35P/c1-2-23-21-22-28(27-18-10-9-17-26(23)27)29-19-11-12-20-30(29)31(24-13-5-3-6-14-24)25-15-7-4-8-16-25/h2,9-12,17-22,24-25H,1,3-8,13-16H2. The maximum absolute atomic E-state index is 4.05. The average Bonchev–Trinajstić information content (AvgIpc) is 2.85. The van der Waals surface area contributed by atoms with Crippen LogP contribution in [-0.4, -0.2) is 11.3 Å². The van der Waals surface area contributed by atoms with Gasteiger partial charge in [0.05, 0.1) is 0 Å². The van der Waals surface area contributed by atoms with Crippen LogP contribution in [0.4, 0.5) is 0 Å². The van der Waals surface area contributed by atoms with Crippen molar-refractivity contribution >= 4 is 30.1 Å². The lowest BCUT2D eigenvalue weighted by Crippen LogP contribution is -2.27. The highest BCUT2D eigenvalue weighted by molar-refractivity contribution is 7.67. The Kier molecular flexibility index (Phi) is 6.56. The highest BCUT2D eigenvalue weighted by Gasteiger charge is 2.33. The lowest BCUT2D eigenvalue weighted by atomic mass is 9.95. The Morgan fingerprint density at radius 2 is 1.19 bits per heavy atom. The van der Waals surface area contributed by atoms with Gasteiger partial charge < -0.3 is 0 Å². The predicted octanol–water partition coefficient (Wildman–Crippen LogP) is 8.92. The first kappa shape index (κ1) is 21.0. The van der Waals surface area contributed by atoms with Gasteiger partial charge in [0, 0.05) is 0 Å². The first-order chi connectivity index (χ1) is 15.4. The summed E-state index contributed by atoms with van der Waals surface area (Å²) >= 11 is 0. The molecular formula is C30H35P. The predicted molar refractivity (Wildman–Crippen MR) is 140 cm³/mol. The molecular weight excluding hydrogens is 391 g/mol. The fraction of sp³-hybridized carbons (Fsp3) is 0.400. The Hall–Kier alpha value is -1.91. The van der Waals surface area contributed by atoms with Gasteiger partial charge in [-0.25, -0.2) is 0 Å². The van der Waals surface area contributed by atoms with E-state index in [2.05, 4.69) is 67.2 Å². The van der Waals surface area contributed by atoms with Gasteiger partial charge in [-0.3, -0.25) is 0 Å². The molecule has 2 aliphatic rings. The van der Waals surface area contributed by atoms with Gasteiger partial charge in [0.1, 0.15) is 0 Å². The van der Waals surface area contributed by atoms with E-state index in [9.17, 15) is 0 Å². The van der Waals surface area contributed by atoms with E-state index in [0.717, 1.165) is 11.3 Å². The van der Waals surface area contributed by atoms with Crippen molar-refractivity contribution in [3.63, 3.8) is 0 Å². The second-order valence-electron chi connectivity index (χ2n) is 9.46. The molecule has 0 saturated heterocycles. The fourth-order valence-corrected chi connectivity index (χ4v) is 10.0. The highest BCUT2D eigenvalue weighted by atomic mass is 31.1. The Morgan fingerprint density at radius 3 is 1.84 bits per heavy atom. The molecule has 0 unspecified atom stereocenters. The molecule has 2 aliphatic carbocycles. The molecule has 2 saturated carbocycles. The molecule has 0 radical (unpaired) electrons. The number of benzene rings is 3.